The van der Waals surface area contributed by atoms with E-state index in [-0.39, 0.29) is 27.5 Å². The highest BCUT2D eigenvalue weighted by atomic mass is 32.2. The zero-order valence-corrected chi connectivity index (χ0v) is 21.5. The summed E-state index contributed by atoms with van der Waals surface area (Å²) in [5.41, 5.74) is 0.838. The SMILES string of the molecule is COC(=O)Cn1c(=NC(=O)c2cccc(NS(=O)(=O)c3ccc(F)cc3)c2)sc2cc3c(cc21)OCCO3. The van der Waals surface area contributed by atoms with Gasteiger partial charge in [-0.05, 0) is 42.5 Å². The molecule has 196 valence electrons. The number of benzene rings is 3. The van der Waals surface area contributed by atoms with Gasteiger partial charge in [0.15, 0.2) is 16.3 Å². The molecule has 0 spiro atoms. The number of methoxy groups -OCH3 is 1. The van der Waals surface area contributed by atoms with Crippen molar-refractivity contribution in [3.63, 3.8) is 0 Å². The van der Waals surface area contributed by atoms with Gasteiger partial charge in [0, 0.05) is 23.4 Å². The van der Waals surface area contributed by atoms with Crippen molar-refractivity contribution < 1.29 is 36.6 Å². The number of anilines is 1. The first-order valence-electron chi connectivity index (χ1n) is 11.2. The largest absolute Gasteiger partial charge is 0.486 e. The molecule has 5 rings (SSSR count). The van der Waals surface area contributed by atoms with E-state index in [0.29, 0.717) is 34.9 Å². The molecule has 38 heavy (non-hydrogen) atoms. The maximum Gasteiger partial charge on any atom is 0.325 e. The zero-order valence-electron chi connectivity index (χ0n) is 19.8. The Morgan fingerprint density at radius 2 is 1.79 bits per heavy atom. The first-order valence-corrected chi connectivity index (χ1v) is 13.5. The molecule has 2 heterocycles. The van der Waals surface area contributed by atoms with Gasteiger partial charge in [0.2, 0.25) is 0 Å². The van der Waals surface area contributed by atoms with Gasteiger partial charge in [0.05, 0.1) is 22.2 Å². The lowest BCUT2D eigenvalue weighted by Gasteiger charge is -2.18. The van der Waals surface area contributed by atoms with Crippen molar-refractivity contribution in [3.8, 4) is 11.5 Å². The maximum absolute atomic E-state index is 13.2. The average Bonchev–Trinajstić information content (AvgIpc) is 3.22. The zero-order chi connectivity index (χ0) is 26.9. The minimum absolute atomic E-state index is 0.109. The van der Waals surface area contributed by atoms with Crippen molar-refractivity contribution in [3.05, 3.63) is 76.8 Å². The molecule has 10 nitrogen and oxygen atoms in total. The number of thiazole rings is 1. The highest BCUT2D eigenvalue weighted by Crippen LogP contribution is 2.35. The number of esters is 1. The van der Waals surface area contributed by atoms with Gasteiger partial charge in [0.25, 0.3) is 15.9 Å². The van der Waals surface area contributed by atoms with Crippen LogP contribution >= 0.6 is 11.3 Å². The fraction of sp³-hybridized carbons (Fsp3) is 0.160. The van der Waals surface area contributed by atoms with Crippen LogP contribution < -0.4 is 19.0 Å². The van der Waals surface area contributed by atoms with E-state index in [1.807, 2.05) is 0 Å². The topological polar surface area (TPSA) is 125 Å². The number of hydrogen-bond donors (Lipinski definition) is 1. The second-order valence-electron chi connectivity index (χ2n) is 8.07. The molecule has 1 aliphatic rings. The Hall–Kier alpha value is -4.23. The van der Waals surface area contributed by atoms with Crippen molar-refractivity contribution in [2.45, 2.75) is 11.4 Å². The summed E-state index contributed by atoms with van der Waals surface area (Å²) < 4.78 is 59.2. The summed E-state index contributed by atoms with van der Waals surface area (Å²) in [5, 5.41) is 0. The van der Waals surface area contributed by atoms with Crippen molar-refractivity contribution in [2.75, 3.05) is 25.0 Å². The molecule has 13 heteroatoms. The number of fused-ring (bicyclic) bond motifs is 2. The number of halogens is 1. The van der Waals surface area contributed by atoms with Gasteiger partial charge < -0.3 is 18.8 Å². The Labute approximate surface area is 220 Å². The molecule has 0 unspecified atom stereocenters. The number of nitrogens with zero attached hydrogens (tertiary/aromatic N) is 2. The number of hydrogen-bond acceptors (Lipinski definition) is 8. The highest BCUT2D eigenvalue weighted by molar-refractivity contribution is 7.92. The van der Waals surface area contributed by atoms with E-state index in [2.05, 4.69) is 9.71 Å². The van der Waals surface area contributed by atoms with Crippen LogP contribution in [0.3, 0.4) is 0 Å². The number of sulfonamides is 1. The van der Waals surface area contributed by atoms with Crippen LogP contribution in [-0.4, -0.2) is 45.2 Å². The minimum atomic E-state index is -4.02. The van der Waals surface area contributed by atoms with Crippen LogP contribution in [0.5, 0.6) is 11.5 Å². The van der Waals surface area contributed by atoms with Gasteiger partial charge in [-0.25, -0.2) is 12.8 Å². The quantitative estimate of drug-likeness (QED) is 0.361. The lowest BCUT2D eigenvalue weighted by molar-refractivity contribution is -0.141. The maximum atomic E-state index is 13.2. The Morgan fingerprint density at radius 1 is 1.08 bits per heavy atom. The molecule has 0 saturated carbocycles. The van der Waals surface area contributed by atoms with Crippen molar-refractivity contribution >= 4 is 49.1 Å². The Kier molecular flexibility index (Phi) is 6.87. The summed E-state index contributed by atoms with van der Waals surface area (Å²) in [6.45, 7) is 0.597. The van der Waals surface area contributed by atoms with Crippen molar-refractivity contribution in [2.24, 2.45) is 4.99 Å². The van der Waals surface area contributed by atoms with E-state index in [1.165, 1.54) is 42.7 Å². The molecular weight excluding hydrogens is 537 g/mol. The third-order valence-electron chi connectivity index (χ3n) is 5.54. The lowest BCUT2D eigenvalue weighted by Crippen LogP contribution is -2.22. The van der Waals surface area contributed by atoms with Crippen LogP contribution in [0, 0.1) is 5.82 Å². The summed E-state index contributed by atoms with van der Waals surface area (Å²) in [6, 6.07) is 13.6. The Morgan fingerprint density at radius 3 is 2.50 bits per heavy atom. The van der Waals surface area contributed by atoms with E-state index in [9.17, 15) is 22.4 Å². The second-order valence-corrected chi connectivity index (χ2v) is 10.8. The summed E-state index contributed by atoms with van der Waals surface area (Å²) in [4.78, 5) is 29.6. The normalized spacial score (nSPS) is 13.4. The fourth-order valence-corrected chi connectivity index (χ4v) is 5.82. The Bertz CT molecular complexity index is 1730. The monoisotopic (exact) mass is 557 g/mol. The molecular formula is C25H20FN3O7S2. The van der Waals surface area contributed by atoms with E-state index >= 15 is 0 Å². The number of rotatable bonds is 6. The molecule has 3 aromatic carbocycles. The number of aromatic nitrogens is 1. The van der Waals surface area contributed by atoms with Gasteiger partial charge in [-0.3, -0.25) is 14.3 Å². The number of amides is 1. The standard InChI is InChI=1S/C25H20FN3O7S2/c1-34-23(30)14-29-19-12-20-21(36-10-9-35-20)13-22(19)37-25(29)27-24(31)15-3-2-4-17(11-15)28-38(32,33)18-7-5-16(26)6-8-18/h2-8,11-13,28H,9-10,14H2,1H3. The summed E-state index contributed by atoms with van der Waals surface area (Å²) >= 11 is 1.17. The summed E-state index contributed by atoms with van der Waals surface area (Å²) in [5.74, 6) is -0.696. The molecule has 1 aliphatic heterocycles. The highest BCUT2D eigenvalue weighted by Gasteiger charge is 2.19. The van der Waals surface area contributed by atoms with E-state index in [4.69, 9.17) is 14.2 Å². The predicted octanol–water partition coefficient (Wildman–Crippen LogP) is 3.33. The number of nitrogens with one attached hydrogen (secondary N) is 1. The van der Waals surface area contributed by atoms with E-state index < -0.39 is 27.7 Å². The molecule has 4 aromatic rings. The van der Waals surface area contributed by atoms with Crippen LogP contribution in [0.4, 0.5) is 10.1 Å². The van der Waals surface area contributed by atoms with Gasteiger partial charge in [0.1, 0.15) is 25.6 Å². The molecule has 0 bridgehead atoms. The molecule has 1 aromatic heterocycles. The molecule has 0 atom stereocenters. The van der Waals surface area contributed by atoms with Gasteiger partial charge in [-0.15, -0.1) is 0 Å². The summed E-state index contributed by atoms with van der Waals surface area (Å²) in [6.07, 6.45) is 0. The van der Waals surface area contributed by atoms with Gasteiger partial charge in [-0.2, -0.15) is 4.99 Å². The predicted molar refractivity (Wildman–Crippen MR) is 136 cm³/mol. The third-order valence-corrected chi connectivity index (χ3v) is 7.98. The van der Waals surface area contributed by atoms with Gasteiger partial charge >= 0.3 is 5.97 Å². The second kappa shape index (κ2) is 10.3. The third kappa shape index (κ3) is 5.24. The minimum Gasteiger partial charge on any atom is -0.486 e. The molecule has 1 N–H and O–H groups in total. The number of carbonyl (C=O) groups is 2. The van der Waals surface area contributed by atoms with E-state index in [1.54, 1.807) is 16.7 Å². The van der Waals surface area contributed by atoms with Crippen molar-refractivity contribution in [1.82, 2.24) is 4.57 Å². The van der Waals surface area contributed by atoms with Crippen LogP contribution in [-0.2, 0) is 26.1 Å². The van der Waals surface area contributed by atoms with Crippen LogP contribution in [0.2, 0.25) is 0 Å². The molecule has 0 radical (unpaired) electrons. The number of carbonyl (C=O) groups excluding carboxylic acids is 2. The van der Waals surface area contributed by atoms with Gasteiger partial charge in [-0.1, -0.05) is 17.4 Å². The smallest absolute Gasteiger partial charge is 0.325 e. The summed E-state index contributed by atoms with van der Waals surface area (Å²) in [7, 11) is -2.76. The molecule has 0 aliphatic carbocycles. The van der Waals surface area contributed by atoms with E-state index in [0.717, 1.165) is 24.3 Å². The molecule has 1 amide bonds. The van der Waals surface area contributed by atoms with Crippen molar-refractivity contribution in [1.29, 1.82) is 0 Å². The van der Waals surface area contributed by atoms with Crippen LogP contribution in [0.1, 0.15) is 10.4 Å². The first kappa shape index (κ1) is 25.4. The fourth-order valence-electron chi connectivity index (χ4n) is 3.73. The lowest BCUT2D eigenvalue weighted by atomic mass is 10.2. The first-order chi connectivity index (χ1) is 18.2. The Balaban J connectivity index is 1.50. The van der Waals surface area contributed by atoms with Crippen LogP contribution in [0.25, 0.3) is 10.2 Å². The molecule has 0 saturated heterocycles. The molecule has 0 fully saturated rings. The number of ether oxygens (including phenoxy) is 3. The van der Waals surface area contributed by atoms with Crippen LogP contribution in [0.15, 0.2) is 70.6 Å². The average molecular weight is 558 g/mol.